The van der Waals surface area contributed by atoms with Gasteiger partial charge in [-0.15, -0.1) is 0 Å². The second-order valence-electron chi connectivity index (χ2n) is 3.58. The molecule has 0 heterocycles. The van der Waals surface area contributed by atoms with Gasteiger partial charge in [0.25, 0.3) is 5.69 Å². The van der Waals surface area contributed by atoms with Crippen LogP contribution in [0.5, 0.6) is 0 Å². The number of nitro groups is 1. The molecule has 1 aromatic carbocycles. The molecule has 1 aromatic rings. The predicted octanol–water partition coefficient (Wildman–Crippen LogP) is 3.02. The third kappa shape index (κ3) is 4.26. The van der Waals surface area contributed by atoms with Crippen LogP contribution in [-0.4, -0.2) is 23.0 Å². The summed E-state index contributed by atoms with van der Waals surface area (Å²) < 4.78 is 0. The lowest BCUT2D eigenvalue weighted by molar-refractivity contribution is -0.384. The quantitative estimate of drug-likeness (QED) is 0.465. The van der Waals surface area contributed by atoms with E-state index in [4.69, 9.17) is 5.26 Å². The van der Waals surface area contributed by atoms with Gasteiger partial charge < -0.3 is 5.32 Å². The van der Waals surface area contributed by atoms with Gasteiger partial charge in [-0.1, -0.05) is 6.92 Å². The van der Waals surface area contributed by atoms with E-state index < -0.39 is 4.92 Å². The Morgan fingerprint density at radius 1 is 1.56 bits per heavy atom. The van der Waals surface area contributed by atoms with E-state index in [9.17, 15) is 10.1 Å². The summed E-state index contributed by atoms with van der Waals surface area (Å²) in [6, 6.07) is 6.26. The fourth-order valence-corrected chi connectivity index (χ4v) is 2.07. The molecule has 0 aliphatic heterocycles. The van der Waals surface area contributed by atoms with Crippen molar-refractivity contribution in [3.05, 3.63) is 33.9 Å². The van der Waals surface area contributed by atoms with Crippen LogP contribution in [0, 0.1) is 21.4 Å². The second kappa shape index (κ2) is 7.56. The van der Waals surface area contributed by atoms with E-state index in [1.807, 2.05) is 17.8 Å². The second-order valence-corrected chi connectivity index (χ2v) is 4.97. The van der Waals surface area contributed by atoms with Crippen molar-refractivity contribution in [1.29, 1.82) is 5.26 Å². The average Bonchev–Trinajstić information content (AvgIpc) is 2.38. The van der Waals surface area contributed by atoms with Crippen molar-refractivity contribution in [2.24, 2.45) is 0 Å². The molecule has 0 aliphatic rings. The van der Waals surface area contributed by atoms with Crippen molar-refractivity contribution >= 4 is 23.1 Å². The molecule has 5 nitrogen and oxygen atoms in total. The lowest BCUT2D eigenvalue weighted by Crippen LogP contribution is -2.04. The van der Waals surface area contributed by atoms with Crippen LogP contribution >= 0.6 is 11.8 Å². The number of nitriles is 1. The molecule has 0 spiro atoms. The molecule has 0 aliphatic carbocycles. The van der Waals surface area contributed by atoms with Gasteiger partial charge in [-0.05, 0) is 24.0 Å². The molecular formula is C12H15N3O2S. The van der Waals surface area contributed by atoms with E-state index in [0.29, 0.717) is 11.3 Å². The SMILES string of the molecule is CCSCCCNc1ccc([N+](=O)[O-])cc1C#N. The van der Waals surface area contributed by atoms with Crippen LogP contribution in [-0.2, 0) is 0 Å². The fourth-order valence-electron chi connectivity index (χ4n) is 1.43. The van der Waals surface area contributed by atoms with Gasteiger partial charge in [-0.2, -0.15) is 17.0 Å². The summed E-state index contributed by atoms with van der Waals surface area (Å²) in [6.45, 7) is 2.88. The number of rotatable bonds is 7. The summed E-state index contributed by atoms with van der Waals surface area (Å²) in [5.41, 5.74) is 0.913. The van der Waals surface area contributed by atoms with Gasteiger partial charge in [0.2, 0.25) is 0 Å². The molecule has 0 atom stereocenters. The monoisotopic (exact) mass is 265 g/mol. The van der Waals surface area contributed by atoms with Crippen LogP contribution in [0.2, 0.25) is 0 Å². The molecular weight excluding hydrogens is 250 g/mol. The molecule has 0 fully saturated rings. The highest BCUT2D eigenvalue weighted by Crippen LogP contribution is 2.21. The number of thioether (sulfide) groups is 1. The lowest BCUT2D eigenvalue weighted by atomic mass is 10.1. The smallest absolute Gasteiger partial charge is 0.270 e. The van der Waals surface area contributed by atoms with E-state index in [-0.39, 0.29) is 5.69 Å². The van der Waals surface area contributed by atoms with Gasteiger partial charge >= 0.3 is 0 Å². The molecule has 1 N–H and O–H groups in total. The number of hydrogen-bond acceptors (Lipinski definition) is 5. The van der Waals surface area contributed by atoms with Crippen molar-refractivity contribution in [2.75, 3.05) is 23.4 Å². The Kier molecular flexibility index (Phi) is 6.01. The van der Waals surface area contributed by atoms with Crippen molar-refractivity contribution in [3.63, 3.8) is 0 Å². The lowest BCUT2D eigenvalue weighted by Gasteiger charge is -2.07. The Morgan fingerprint density at radius 3 is 2.94 bits per heavy atom. The Hall–Kier alpha value is -1.74. The number of non-ortho nitro benzene ring substituents is 1. The summed E-state index contributed by atoms with van der Waals surface area (Å²) in [6.07, 6.45) is 1.00. The molecule has 18 heavy (non-hydrogen) atoms. The summed E-state index contributed by atoms with van der Waals surface area (Å²) >= 11 is 1.87. The van der Waals surface area contributed by atoms with Crippen LogP contribution in [0.4, 0.5) is 11.4 Å². The first-order chi connectivity index (χ1) is 8.69. The van der Waals surface area contributed by atoms with Crippen LogP contribution in [0.15, 0.2) is 18.2 Å². The Balaban J connectivity index is 2.61. The van der Waals surface area contributed by atoms with Crippen molar-refractivity contribution in [1.82, 2.24) is 0 Å². The summed E-state index contributed by atoms with van der Waals surface area (Å²) in [5, 5.41) is 22.7. The van der Waals surface area contributed by atoms with Gasteiger partial charge in [0.1, 0.15) is 6.07 Å². The van der Waals surface area contributed by atoms with Crippen molar-refractivity contribution in [2.45, 2.75) is 13.3 Å². The number of nitro benzene ring substituents is 1. The molecule has 0 radical (unpaired) electrons. The maximum atomic E-state index is 10.6. The normalized spacial score (nSPS) is 9.78. The highest BCUT2D eigenvalue weighted by atomic mass is 32.2. The molecule has 1 rings (SSSR count). The number of nitrogens with one attached hydrogen (secondary N) is 1. The van der Waals surface area contributed by atoms with Crippen LogP contribution in [0.3, 0.4) is 0 Å². The first-order valence-corrected chi connectivity index (χ1v) is 6.84. The zero-order valence-electron chi connectivity index (χ0n) is 10.2. The molecule has 0 bridgehead atoms. The summed E-state index contributed by atoms with van der Waals surface area (Å²) in [4.78, 5) is 10.1. The first kappa shape index (κ1) is 14.3. The van der Waals surface area contributed by atoms with Crippen LogP contribution < -0.4 is 5.32 Å². The fraction of sp³-hybridized carbons (Fsp3) is 0.417. The van der Waals surface area contributed by atoms with E-state index in [0.717, 1.165) is 24.5 Å². The Morgan fingerprint density at radius 2 is 2.33 bits per heavy atom. The zero-order valence-corrected chi connectivity index (χ0v) is 11.0. The topological polar surface area (TPSA) is 79.0 Å². The van der Waals surface area contributed by atoms with Gasteiger partial charge in [0, 0.05) is 18.7 Å². The number of anilines is 1. The minimum atomic E-state index is -0.498. The molecule has 0 aromatic heterocycles. The van der Waals surface area contributed by atoms with Gasteiger partial charge in [-0.3, -0.25) is 10.1 Å². The molecule has 6 heteroatoms. The zero-order chi connectivity index (χ0) is 13.4. The molecule has 96 valence electrons. The minimum Gasteiger partial charge on any atom is -0.384 e. The van der Waals surface area contributed by atoms with Crippen molar-refractivity contribution < 1.29 is 4.92 Å². The van der Waals surface area contributed by atoms with E-state index in [2.05, 4.69) is 12.2 Å². The van der Waals surface area contributed by atoms with Crippen LogP contribution in [0.25, 0.3) is 0 Å². The molecule has 0 saturated heterocycles. The van der Waals surface area contributed by atoms with Gasteiger partial charge in [-0.25, -0.2) is 0 Å². The molecule has 0 saturated carbocycles. The third-order valence-electron chi connectivity index (χ3n) is 2.32. The van der Waals surface area contributed by atoms with Gasteiger partial charge in [0.05, 0.1) is 16.2 Å². The molecule has 0 amide bonds. The van der Waals surface area contributed by atoms with Crippen molar-refractivity contribution in [3.8, 4) is 6.07 Å². The Bertz CT molecular complexity index is 457. The number of hydrogen-bond donors (Lipinski definition) is 1. The van der Waals surface area contributed by atoms with E-state index >= 15 is 0 Å². The van der Waals surface area contributed by atoms with E-state index in [1.54, 1.807) is 6.07 Å². The van der Waals surface area contributed by atoms with Crippen LogP contribution in [0.1, 0.15) is 18.9 Å². The first-order valence-electron chi connectivity index (χ1n) is 5.69. The third-order valence-corrected chi connectivity index (χ3v) is 3.31. The Labute approximate surface area is 110 Å². The van der Waals surface area contributed by atoms with E-state index in [1.165, 1.54) is 12.1 Å². The standard InChI is InChI=1S/C12H15N3O2S/c1-2-18-7-3-6-14-12-5-4-11(15(16)17)8-10(12)9-13/h4-5,8,14H,2-3,6-7H2,1H3. The summed E-state index contributed by atoms with van der Waals surface area (Å²) in [7, 11) is 0. The predicted molar refractivity (Wildman–Crippen MR) is 73.9 cm³/mol. The van der Waals surface area contributed by atoms with Gasteiger partial charge in [0.15, 0.2) is 0 Å². The number of benzene rings is 1. The molecule has 0 unspecified atom stereocenters. The highest BCUT2D eigenvalue weighted by Gasteiger charge is 2.09. The summed E-state index contributed by atoms with van der Waals surface area (Å²) in [5.74, 6) is 2.17. The minimum absolute atomic E-state index is 0.0568. The maximum absolute atomic E-state index is 10.6. The highest BCUT2D eigenvalue weighted by molar-refractivity contribution is 7.99. The largest absolute Gasteiger partial charge is 0.384 e. The maximum Gasteiger partial charge on any atom is 0.270 e. The average molecular weight is 265 g/mol. The number of nitrogens with zero attached hydrogens (tertiary/aromatic N) is 2.